The third-order valence-electron chi connectivity index (χ3n) is 4.10. The maximum absolute atomic E-state index is 5.78. The number of nitrogens with zero attached hydrogens (tertiary/aromatic N) is 2. The smallest absolute Gasteiger partial charge is 0.0924 e. The van der Waals surface area contributed by atoms with Crippen molar-refractivity contribution in [1.29, 1.82) is 0 Å². The monoisotopic (exact) mass is 320 g/mol. The van der Waals surface area contributed by atoms with Crippen molar-refractivity contribution in [2.75, 3.05) is 19.6 Å². The SMILES string of the molecule is NCCN(CCc1ccccc1)Cc1cc(-c2ccccc2)n[nH]1. The number of aromatic amines is 1. The fourth-order valence-corrected chi connectivity index (χ4v) is 2.82. The van der Waals surface area contributed by atoms with E-state index in [1.165, 1.54) is 5.56 Å². The first-order valence-electron chi connectivity index (χ1n) is 8.41. The molecule has 0 fully saturated rings. The maximum atomic E-state index is 5.78. The molecule has 0 atom stereocenters. The van der Waals surface area contributed by atoms with Crippen LogP contribution in [0.25, 0.3) is 11.3 Å². The molecule has 0 amide bonds. The number of nitrogens with two attached hydrogens (primary N) is 1. The molecular weight excluding hydrogens is 296 g/mol. The fourth-order valence-electron chi connectivity index (χ4n) is 2.82. The second-order valence-corrected chi connectivity index (χ2v) is 5.94. The molecule has 0 aliphatic rings. The Morgan fingerprint density at radius 1 is 0.917 bits per heavy atom. The average molecular weight is 320 g/mol. The molecule has 1 aromatic heterocycles. The molecule has 0 radical (unpaired) electrons. The largest absolute Gasteiger partial charge is 0.329 e. The van der Waals surface area contributed by atoms with Gasteiger partial charge >= 0.3 is 0 Å². The van der Waals surface area contributed by atoms with E-state index >= 15 is 0 Å². The average Bonchev–Trinajstić information content (AvgIpc) is 3.10. The topological polar surface area (TPSA) is 57.9 Å². The van der Waals surface area contributed by atoms with Crippen LogP contribution in [0.4, 0.5) is 0 Å². The van der Waals surface area contributed by atoms with Crippen LogP contribution in [-0.4, -0.2) is 34.7 Å². The van der Waals surface area contributed by atoms with Crippen molar-refractivity contribution in [2.45, 2.75) is 13.0 Å². The molecule has 3 N–H and O–H groups in total. The van der Waals surface area contributed by atoms with Gasteiger partial charge in [-0.2, -0.15) is 5.10 Å². The van der Waals surface area contributed by atoms with E-state index < -0.39 is 0 Å². The highest BCUT2D eigenvalue weighted by Gasteiger charge is 2.09. The van der Waals surface area contributed by atoms with E-state index in [9.17, 15) is 0 Å². The Morgan fingerprint density at radius 3 is 2.33 bits per heavy atom. The van der Waals surface area contributed by atoms with Crippen LogP contribution in [0.2, 0.25) is 0 Å². The molecule has 0 aliphatic heterocycles. The van der Waals surface area contributed by atoms with Crippen molar-refractivity contribution in [3.8, 4) is 11.3 Å². The van der Waals surface area contributed by atoms with Gasteiger partial charge in [-0.05, 0) is 18.1 Å². The first-order chi connectivity index (χ1) is 11.8. The number of benzene rings is 2. The Balaban J connectivity index is 1.62. The summed E-state index contributed by atoms with van der Waals surface area (Å²) >= 11 is 0. The molecule has 0 bridgehead atoms. The Labute approximate surface area is 143 Å². The second-order valence-electron chi connectivity index (χ2n) is 5.94. The predicted molar refractivity (Wildman–Crippen MR) is 98.5 cm³/mol. The number of rotatable bonds is 8. The number of hydrogen-bond donors (Lipinski definition) is 2. The molecule has 4 nitrogen and oxygen atoms in total. The van der Waals surface area contributed by atoms with Crippen LogP contribution in [0.15, 0.2) is 66.7 Å². The summed E-state index contributed by atoms with van der Waals surface area (Å²) in [6.45, 7) is 3.37. The molecule has 2 aromatic carbocycles. The summed E-state index contributed by atoms with van der Waals surface area (Å²) < 4.78 is 0. The fraction of sp³-hybridized carbons (Fsp3) is 0.250. The molecule has 0 spiro atoms. The van der Waals surface area contributed by atoms with Crippen LogP contribution in [0, 0.1) is 0 Å². The molecule has 3 rings (SSSR count). The first-order valence-corrected chi connectivity index (χ1v) is 8.41. The van der Waals surface area contributed by atoms with E-state index in [1.807, 2.05) is 18.2 Å². The summed E-state index contributed by atoms with van der Waals surface area (Å²) in [5.41, 5.74) is 10.4. The molecule has 0 saturated heterocycles. The summed E-state index contributed by atoms with van der Waals surface area (Å²) in [7, 11) is 0. The first kappa shape index (κ1) is 16.4. The van der Waals surface area contributed by atoms with Crippen LogP contribution < -0.4 is 5.73 Å². The zero-order valence-electron chi connectivity index (χ0n) is 13.9. The van der Waals surface area contributed by atoms with Gasteiger partial charge in [0.1, 0.15) is 0 Å². The summed E-state index contributed by atoms with van der Waals surface area (Å²) in [6, 6.07) is 22.9. The van der Waals surface area contributed by atoms with Gasteiger partial charge in [0.15, 0.2) is 0 Å². The Hall–Kier alpha value is -2.43. The van der Waals surface area contributed by atoms with Crippen LogP contribution in [0.3, 0.4) is 0 Å². The lowest BCUT2D eigenvalue weighted by Gasteiger charge is -2.20. The highest BCUT2D eigenvalue weighted by molar-refractivity contribution is 5.58. The van der Waals surface area contributed by atoms with Crippen molar-refractivity contribution >= 4 is 0 Å². The molecule has 1 heterocycles. The van der Waals surface area contributed by atoms with Gasteiger partial charge in [0.05, 0.1) is 5.69 Å². The predicted octanol–water partition coefficient (Wildman–Crippen LogP) is 3.08. The summed E-state index contributed by atoms with van der Waals surface area (Å²) in [4.78, 5) is 2.37. The lowest BCUT2D eigenvalue weighted by atomic mass is 10.1. The van der Waals surface area contributed by atoms with E-state index in [-0.39, 0.29) is 0 Å². The molecule has 124 valence electrons. The molecule has 0 saturated carbocycles. The van der Waals surface area contributed by atoms with Crippen LogP contribution in [-0.2, 0) is 13.0 Å². The Morgan fingerprint density at radius 2 is 1.62 bits per heavy atom. The van der Waals surface area contributed by atoms with E-state index in [4.69, 9.17) is 5.73 Å². The van der Waals surface area contributed by atoms with Crippen LogP contribution in [0.1, 0.15) is 11.3 Å². The van der Waals surface area contributed by atoms with Crippen LogP contribution >= 0.6 is 0 Å². The lowest BCUT2D eigenvalue weighted by molar-refractivity contribution is 0.273. The highest BCUT2D eigenvalue weighted by Crippen LogP contribution is 2.17. The molecule has 24 heavy (non-hydrogen) atoms. The van der Waals surface area contributed by atoms with Crippen LogP contribution in [0.5, 0.6) is 0 Å². The van der Waals surface area contributed by atoms with Gasteiger partial charge in [0.25, 0.3) is 0 Å². The van der Waals surface area contributed by atoms with Gasteiger partial charge in [-0.1, -0.05) is 60.7 Å². The summed E-state index contributed by atoms with van der Waals surface area (Å²) in [5.74, 6) is 0. The summed E-state index contributed by atoms with van der Waals surface area (Å²) in [5, 5.41) is 7.59. The quantitative estimate of drug-likeness (QED) is 0.670. The zero-order chi connectivity index (χ0) is 16.6. The minimum absolute atomic E-state index is 0.661. The lowest BCUT2D eigenvalue weighted by Crippen LogP contribution is -2.31. The van der Waals surface area contributed by atoms with E-state index in [1.54, 1.807) is 0 Å². The van der Waals surface area contributed by atoms with Gasteiger partial charge in [-0.3, -0.25) is 10.00 Å². The molecule has 0 aliphatic carbocycles. The maximum Gasteiger partial charge on any atom is 0.0924 e. The summed E-state index contributed by atoms with van der Waals surface area (Å²) in [6.07, 6.45) is 1.03. The van der Waals surface area contributed by atoms with Gasteiger partial charge in [0.2, 0.25) is 0 Å². The minimum atomic E-state index is 0.661. The number of H-pyrrole nitrogens is 1. The third-order valence-corrected chi connectivity index (χ3v) is 4.10. The number of hydrogen-bond acceptors (Lipinski definition) is 3. The van der Waals surface area contributed by atoms with E-state index in [2.05, 4.69) is 63.6 Å². The van der Waals surface area contributed by atoms with Crippen molar-refractivity contribution in [2.24, 2.45) is 5.73 Å². The Bertz CT molecular complexity index is 722. The van der Waals surface area contributed by atoms with Gasteiger partial charge in [-0.25, -0.2) is 0 Å². The van der Waals surface area contributed by atoms with E-state index in [0.29, 0.717) is 6.54 Å². The normalized spacial score (nSPS) is 11.1. The van der Waals surface area contributed by atoms with Crippen molar-refractivity contribution < 1.29 is 0 Å². The highest BCUT2D eigenvalue weighted by atomic mass is 15.2. The van der Waals surface area contributed by atoms with Gasteiger partial charge in [-0.15, -0.1) is 0 Å². The Kier molecular flexibility index (Phi) is 5.77. The molecule has 3 aromatic rings. The molecular formula is C20H24N4. The van der Waals surface area contributed by atoms with E-state index in [0.717, 1.165) is 43.0 Å². The van der Waals surface area contributed by atoms with Gasteiger partial charge < -0.3 is 5.73 Å². The number of aromatic nitrogens is 2. The van der Waals surface area contributed by atoms with Gasteiger partial charge in [0, 0.05) is 37.4 Å². The second kappa shape index (κ2) is 8.43. The van der Waals surface area contributed by atoms with Crippen molar-refractivity contribution in [3.63, 3.8) is 0 Å². The zero-order valence-corrected chi connectivity index (χ0v) is 13.9. The minimum Gasteiger partial charge on any atom is -0.329 e. The van der Waals surface area contributed by atoms with Crippen molar-refractivity contribution in [1.82, 2.24) is 15.1 Å². The molecule has 4 heteroatoms. The van der Waals surface area contributed by atoms with Crippen molar-refractivity contribution in [3.05, 3.63) is 78.0 Å². The third kappa shape index (κ3) is 4.54. The molecule has 0 unspecified atom stereocenters. The standard InChI is InChI=1S/C20H24N4/c21-12-14-24(13-11-17-7-3-1-4-8-17)16-19-15-20(23-22-19)18-9-5-2-6-10-18/h1-10,15H,11-14,16,21H2,(H,22,23). The number of nitrogens with one attached hydrogen (secondary N) is 1.